The lowest BCUT2D eigenvalue weighted by Crippen LogP contribution is -2.27. The van der Waals surface area contributed by atoms with Crippen LogP contribution in [0.15, 0.2) is 29.6 Å². The lowest BCUT2D eigenvalue weighted by molar-refractivity contribution is 0.0932. The van der Waals surface area contributed by atoms with Crippen LogP contribution in [0.5, 0.6) is 5.75 Å². The summed E-state index contributed by atoms with van der Waals surface area (Å²) in [5, 5.41) is 5.26. The Kier molecular flexibility index (Phi) is 6.55. The van der Waals surface area contributed by atoms with E-state index in [4.69, 9.17) is 9.47 Å². The minimum absolute atomic E-state index is 0.189. The lowest BCUT2D eigenvalue weighted by Gasteiger charge is -2.08. The summed E-state index contributed by atoms with van der Waals surface area (Å²) in [5.41, 5.74) is 1.65. The van der Waals surface area contributed by atoms with Crippen molar-refractivity contribution in [1.82, 2.24) is 10.3 Å². The number of rotatable bonds is 8. The molecule has 2 rings (SSSR count). The van der Waals surface area contributed by atoms with Crippen molar-refractivity contribution in [3.63, 3.8) is 0 Å². The van der Waals surface area contributed by atoms with Gasteiger partial charge in [-0.25, -0.2) is 4.98 Å². The van der Waals surface area contributed by atoms with Crippen LogP contribution in [-0.4, -0.2) is 31.2 Å². The number of benzene rings is 1. The molecule has 23 heavy (non-hydrogen) atoms. The van der Waals surface area contributed by atoms with Crippen molar-refractivity contribution in [2.24, 2.45) is 0 Å². The van der Waals surface area contributed by atoms with Crippen LogP contribution >= 0.6 is 11.3 Å². The number of nitrogens with one attached hydrogen (secondary N) is 1. The normalized spacial score (nSPS) is 10.8. The SMILES string of the molecule is COCCNC(=O)c1csc(COc2cccc(C(C)C)c2)n1. The smallest absolute Gasteiger partial charge is 0.270 e. The van der Waals surface area contributed by atoms with Gasteiger partial charge in [-0.2, -0.15) is 0 Å². The molecular formula is C17H22N2O3S. The van der Waals surface area contributed by atoms with E-state index in [2.05, 4.69) is 30.2 Å². The van der Waals surface area contributed by atoms with Crippen molar-refractivity contribution < 1.29 is 14.3 Å². The van der Waals surface area contributed by atoms with Crippen LogP contribution in [0.4, 0.5) is 0 Å². The van der Waals surface area contributed by atoms with Crippen LogP contribution in [0, 0.1) is 0 Å². The first-order valence-corrected chi connectivity index (χ1v) is 8.42. The van der Waals surface area contributed by atoms with Crippen LogP contribution in [0.3, 0.4) is 0 Å². The molecule has 2 aromatic rings. The molecule has 124 valence electrons. The summed E-state index contributed by atoms with van der Waals surface area (Å²) in [4.78, 5) is 16.2. The van der Waals surface area contributed by atoms with Gasteiger partial charge in [-0.05, 0) is 23.6 Å². The molecule has 1 aromatic carbocycles. The summed E-state index contributed by atoms with van der Waals surface area (Å²) in [7, 11) is 1.60. The van der Waals surface area contributed by atoms with Crippen LogP contribution in [-0.2, 0) is 11.3 Å². The van der Waals surface area contributed by atoms with Gasteiger partial charge in [0.1, 0.15) is 23.1 Å². The molecule has 0 bridgehead atoms. The molecule has 0 saturated heterocycles. The first-order chi connectivity index (χ1) is 11.1. The van der Waals surface area contributed by atoms with E-state index in [1.807, 2.05) is 18.2 Å². The van der Waals surface area contributed by atoms with Gasteiger partial charge in [0.05, 0.1) is 6.61 Å². The number of hydrogen-bond acceptors (Lipinski definition) is 5. The molecule has 0 atom stereocenters. The average molecular weight is 334 g/mol. The molecule has 1 heterocycles. The van der Waals surface area contributed by atoms with Crippen molar-refractivity contribution in [3.05, 3.63) is 45.9 Å². The van der Waals surface area contributed by atoms with Gasteiger partial charge in [-0.3, -0.25) is 4.79 Å². The summed E-state index contributed by atoms with van der Waals surface area (Å²) in [5.74, 6) is 1.09. The highest BCUT2D eigenvalue weighted by Gasteiger charge is 2.10. The van der Waals surface area contributed by atoms with Crippen molar-refractivity contribution in [2.75, 3.05) is 20.3 Å². The number of nitrogens with zero attached hydrogens (tertiary/aromatic N) is 1. The number of hydrogen-bond donors (Lipinski definition) is 1. The zero-order valence-electron chi connectivity index (χ0n) is 13.7. The number of ether oxygens (including phenoxy) is 2. The molecule has 1 aromatic heterocycles. The van der Waals surface area contributed by atoms with E-state index in [0.717, 1.165) is 10.8 Å². The highest BCUT2D eigenvalue weighted by molar-refractivity contribution is 7.09. The van der Waals surface area contributed by atoms with Gasteiger partial charge in [-0.15, -0.1) is 11.3 Å². The van der Waals surface area contributed by atoms with E-state index in [1.54, 1.807) is 12.5 Å². The largest absolute Gasteiger partial charge is 0.486 e. The predicted octanol–water partition coefficient (Wildman–Crippen LogP) is 3.22. The van der Waals surface area contributed by atoms with Crippen LogP contribution in [0.25, 0.3) is 0 Å². The molecule has 0 fully saturated rings. The standard InChI is InChI=1S/C17H22N2O3S/c1-12(2)13-5-4-6-14(9-13)22-10-16-19-15(11-23-16)17(20)18-7-8-21-3/h4-6,9,11-12H,7-8,10H2,1-3H3,(H,18,20). The van der Waals surface area contributed by atoms with Gasteiger partial charge in [0.2, 0.25) is 0 Å². The fraction of sp³-hybridized carbons (Fsp3) is 0.412. The van der Waals surface area contributed by atoms with Crippen molar-refractivity contribution >= 4 is 17.2 Å². The number of carbonyl (C=O) groups excluding carboxylic acids is 1. The Bertz CT molecular complexity index is 640. The fourth-order valence-electron chi connectivity index (χ4n) is 1.95. The molecule has 1 amide bonds. The molecule has 5 nitrogen and oxygen atoms in total. The topological polar surface area (TPSA) is 60.5 Å². The van der Waals surface area contributed by atoms with Gasteiger partial charge in [-0.1, -0.05) is 26.0 Å². The Morgan fingerprint density at radius 2 is 2.22 bits per heavy atom. The van der Waals surface area contributed by atoms with E-state index in [1.165, 1.54) is 16.9 Å². The van der Waals surface area contributed by atoms with Crippen molar-refractivity contribution in [3.8, 4) is 5.75 Å². The molecule has 6 heteroatoms. The number of thiazole rings is 1. The number of amides is 1. The number of carbonyl (C=O) groups is 1. The quantitative estimate of drug-likeness (QED) is 0.753. The van der Waals surface area contributed by atoms with Crippen molar-refractivity contribution in [1.29, 1.82) is 0 Å². The molecule has 1 N–H and O–H groups in total. The summed E-state index contributed by atoms with van der Waals surface area (Å²) in [6.45, 7) is 5.61. The average Bonchev–Trinajstić information content (AvgIpc) is 3.02. The zero-order valence-corrected chi connectivity index (χ0v) is 14.5. The van der Waals surface area contributed by atoms with Crippen LogP contribution < -0.4 is 10.1 Å². The van der Waals surface area contributed by atoms with Gasteiger partial charge in [0.15, 0.2) is 0 Å². The second kappa shape index (κ2) is 8.64. The molecule has 0 aliphatic heterocycles. The van der Waals surface area contributed by atoms with Gasteiger partial charge >= 0.3 is 0 Å². The maximum absolute atomic E-state index is 11.9. The zero-order chi connectivity index (χ0) is 16.7. The summed E-state index contributed by atoms with van der Waals surface area (Å²) < 4.78 is 10.7. The number of aromatic nitrogens is 1. The minimum Gasteiger partial charge on any atom is -0.486 e. The Labute approximate surface area is 140 Å². The predicted molar refractivity (Wildman–Crippen MR) is 91.2 cm³/mol. The monoisotopic (exact) mass is 334 g/mol. The van der Waals surface area contributed by atoms with Gasteiger partial charge < -0.3 is 14.8 Å². The molecular weight excluding hydrogens is 312 g/mol. The highest BCUT2D eigenvalue weighted by Crippen LogP contribution is 2.21. The Hall–Kier alpha value is -1.92. The molecule has 0 radical (unpaired) electrons. The van der Waals surface area contributed by atoms with E-state index in [0.29, 0.717) is 31.4 Å². The number of methoxy groups -OCH3 is 1. The van der Waals surface area contributed by atoms with Gasteiger partial charge in [0.25, 0.3) is 5.91 Å². The highest BCUT2D eigenvalue weighted by atomic mass is 32.1. The minimum atomic E-state index is -0.189. The Balaban J connectivity index is 1.89. The summed E-state index contributed by atoms with van der Waals surface area (Å²) >= 11 is 1.42. The molecule has 0 spiro atoms. The third-order valence-electron chi connectivity index (χ3n) is 3.26. The first-order valence-electron chi connectivity index (χ1n) is 7.54. The van der Waals surface area contributed by atoms with Crippen molar-refractivity contribution in [2.45, 2.75) is 26.4 Å². The van der Waals surface area contributed by atoms with Crippen LogP contribution in [0.1, 0.15) is 40.8 Å². The van der Waals surface area contributed by atoms with E-state index in [9.17, 15) is 4.79 Å². The first kappa shape index (κ1) is 17.4. The molecule has 0 aliphatic rings. The maximum atomic E-state index is 11.9. The fourth-order valence-corrected chi connectivity index (χ4v) is 2.63. The van der Waals surface area contributed by atoms with E-state index < -0.39 is 0 Å². The lowest BCUT2D eigenvalue weighted by atomic mass is 10.0. The van der Waals surface area contributed by atoms with E-state index in [-0.39, 0.29) is 5.91 Å². The second-order valence-electron chi connectivity index (χ2n) is 5.39. The third kappa shape index (κ3) is 5.33. The Morgan fingerprint density at radius 1 is 1.39 bits per heavy atom. The third-order valence-corrected chi connectivity index (χ3v) is 4.09. The molecule has 0 aliphatic carbocycles. The molecule has 0 unspecified atom stereocenters. The molecule has 0 saturated carbocycles. The Morgan fingerprint density at radius 3 is 2.96 bits per heavy atom. The van der Waals surface area contributed by atoms with E-state index >= 15 is 0 Å². The summed E-state index contributed by atoms with van der Waals surface area (Å²) in [6, 6.07) is 8.04. The van der Waals surface area contributed by atoms with Gasteiger partial charge in [0, 0.05) is 19.0 Å². The van der Waals surface area contributed by atoms with Crippen LogP contribution in [0.2, 0.25) is 0 Å². The second-order valence-corrected chi connectivity index (χ2v) is 6.33. The maximum Gasteiger partial charge on any atom is 0.270 e. The summed E-state index contributed by atoms with van der Waals surface area (Å²) in [6.07, 6.45) is 0.